The van der Waals surface area contributed by atoms with Gasteiger partial charge in [-0.15, -0.1) is 10.2 Å². The van der Waals surface area contributed by atoms with Gasteiger partial charge >= 0.3 is 0 Å². The highest BCUT2D eigenvalue weighted by molar-refractivity contribution is 7.99. The van der Waals surface area contributed by atoms with Crippen LogP contribution in [0.15, 0.2) is 59.8 Å². The predicted octanol–water partition coefficient (Wildman–Crippen LogP) is 4.44. The summed E-state index contributed by atoms with van der Waals surface area (Å²) in [4.78, 5) is 24.6. The Hall–Kier alpha value is -2.93. The van der Waals surface area contributed by atoms with Crippen molar-refractivity contribution in [2.24, 2.45) is 12.5 Å². The van der Waals surface area contributed by atoms with Crippen molar-refractivity contribution in [3.8, 4) is 11.4 Å². The maximum Gasteiger partial charge on any atom is 0.229 e. The second-order valence-electron chi connectivity index (χ2n) is 7.72. The number of Topliss-reactive ketones (excluding diaryl/α,β-unsaturated/α-hetero) is 1. The van der Waals surface area contributed by atoms with E-state index >= 15 is 0 Å². The largest absolute Gasteiger partial charge is 0.326 e. The van der Waals surface area contributed by atoms with Crippen LogP contribution in [0, 0.1) is 5.41 Å². The summed E-state index contributed by atoms with van der Waals surface area (Å²) >= 11 is 1.35. The third-order valence-corrected chi connectivity index (χ3v) is 5.37. The number of amides is 1. The third kappa shape index (κ3) is 5.12. The van der Waals surface area contributed by atoms with Gasteiger partial charge in [0.2, 0.25) is 5.91 Å². The minimum atomic E-state index is -0.472. The summed E-state index contributed by atoms with van der Waals surface area (Å²) in [5.74, 6) is 0.949. The number of ketones is 1. The zero-order valence-corrected chi connectivity index (χ0v) is 17.8. The van der Waals surface area contributed by atoms with Crippen molar-refractivity contribution in [1.82, 2.24) is 14.8 Å². The van der Waals surface area contributed by atoms with Crippen LogP contribution in [0.3, 0.4) is 0 Å². The zero-order valence-electron chi connectivity index (χ0n) is 17.0. The lowest BCUT2D eigenvalue weighted by Gasteiger charge is -2.17. The molecule has 6 nitrogen and oxygen atoms in total. The molecule has 0 atom stereocenters. The second-order valence-corrected chi connectivity index (χ2v) is 8.67. The molecule has 0 bridgehead atoms. The molecule has 2 aromatic carbocycles. The highest BCUT2D eigenvalue weighted by Gasteiger charge is 2.21. The molecule has 0 saturated carbocycles. The van der Waals surface area contributed by atoms with E-state index in [4.69, 9.17) is 0 Å². The van der Waals surface area contributed by atoms with E-state index in [1.54, 1.807) is 24.3 Å². The fraction of sp³-hybridized carbons (Fsp3) is 0.273. The van der Waals surface area contributed by atoms with Gasteiger partial charge in [-0.2, -0.15) is 0 Å². The molecule has 0 unspecified atom stereocenters. The van der Waals surface area contributed by atoms with Gasteiger partial charge in [-0.05, 0) is 24.3 Å². The van der Waals surface area contributed by atoms with Crippen LogP contribution in [0.25, 0.3) is 11.4 Å². The number of carbonyl (C=O) groups excluding carboxylic acids is 2. The van der Waals surface area contributed by atoms with Gasteiger partial charge in [0.05, 0.1) is 5.75 Å². The minimum absolute atomic E-state index is 0.00652. The standard InChI is InChI=1S/C22H24N4O2S/c1-22(2,3)20(28)23-17-12-10-15(11-13-17)18(27)14-29-21-25-24-19(26(21)4)16-8-6-5-7-9-16/h5-13H,14H2,1-4H3,(H,23,28). The van der Waals surface area contributed by atoms with Gasteiger partial charge in [0, 0.05) is 29.3 Å². The van der Waals surface area contributed by atoms with Crippen LogP contribution in [-0.4, -0.2) is 32.2 Å². The number of hydrogen-bond acceptors (Lipinski definition) is 5. The smallest absolute Gasteiger partial charge is 0.229 e. The van der Waals surface area contributed by atoms with Crippen molar-refractivity contribution in [1.29, 1.82) is 0 Å². The van der Waals surface area contributed by atoms with E-state index in [1.807, 2.05) is 62.7 Å². The SMILES string of the molecule is Cn1c(SCC(=O)c2ccc(NC(=O)C(C)(C)C)cc2)nnc1-c1ccccc1. The van der Waals surface area contributed by atoms with E-state index < -0.39 is 5.41 Å². The van der Waals surface area contributed by atoms with Crippen LogP contribution in [0.2, 0.25) is 0 Å². The first-order chi connectivity index (χ1) is 13.8. The fourth-order valence-electron chi connectivity index (χ4n) is 2.55. The van der Waals surface area contributed by atoms with Gasteiger partial charge in [-0.3, -0.25) is 9.59 Å². The molecule has 0 fully saturated rings. The fourth-order valence-corrected chi connectivity index (χ4v) is 3.36. The monoisotopic (exact) mass is 408 g/mol. The molecule has 0 spiro atoms. The van der Waals surface area contributed by atoms with Crippen molar-refractivity contribution >= 4 is 29.1 Å². The summed E-state index contributed by atoms with van der Waals surface area (Å²) in [6.07, 6.45) is 0. The van der Waals surface area contributed by atoms with Gasteiger partial charge in [0.15, 0.2) is 16.8 Å². The predicted molar refractivity (Wildman–Crippen MR) is 116 cm³/mol. The number of nitrogens with zero attached hydrogens (tertiary/aromatic N) is 3. The molecule has 0 radical (unpaired) electrons. The molecule has 29 heavy (non-hydrogen) atoms. The van der Waals surface area contributed by atoms with Crippen LogP contribution >= 0.6 is 11.8 Å². The first kappa shape index (κ1) is 20.8. The molecule has 0 saturated heterocycles. The molecule has 1 aromatic heterocycles. The van der Waals surface area contributed by atoms with E-state index in [0.29, 0.717) is 16.4 Å². The van der Waals surface area contributed by atoms with Crippen LogP contribution in [0.5, 0.6) is 0 Å². The first-order valence-electron chi connectivity index (χ1n) is 9.28. The van der Waals surface area contributed by atoms with E-state index in [-0.39, 0.29) is 17.4 Å². The highest BCUT2D eigenvalue weighted by Crippen LogP contribution is 2.23. The molecular formula is C22H24N4O2S. The number of hydrogen-bond donors (Lipinski definition) is 1. The zero-order chi connectivity index (χ0) is 21.0. The normalized spacial score (nSPS) is 11.3. The Balaban J connectivity index is 1.61. The lowest BCUT2D eigenvalue weighted by Crippen LogP contribution is -2.27. The molecule has 0 aliphatic carbocycles. The number of benzene rings is 2. The summed E-state index contributed by atoms with van der Waals surface area (Å²) in [6.45, 7) is 5.56. The van der Waals surface area contributed by atoms with Gasteiger partial charge in [0.25, 0.3) is 0 Å². The Morgan fingerprint density at radius 3 is 2.28 bits per heavy atom. The number of thioether (sulfide) groups is 1. The lowest BCUT2D eigenvalue weighted by molar-refractivity contribution is -0.123. The van der Waals surface area contributed by atoms with E-state index in [2.05, 4.69) is 15.5 Å². The summed E-state index contributed by atoms with van der Waals surface area (Å²) in [5, 5.41) is 12.0. The number of aromatic nitrogens is 3. The molecule has 1 heterocycles. The molecule has 3 aromatic rings. The average Bonchev–Trinajstić information content (AvgIpc) is 3.07. The van der Waals surface area contributed by atoms with Crippen molar-refractivity contribution in [2.45, 2.75) is 25.9 Å². The first-order valence-corrected chi connectivity index (χ1v) is 10.3. The van der Waals surface area contributed by atoms with E-state index in [1.165, 1.54) is 11.8 Å². The lowest BCUT2D eigenvalue weighted by atomic mass is 9.95. The number of anilines is 1. The maximum atomic E-state index is 12.5. The molecule has 1 amide bonds. The summed E-state index contributed by atoms with van der Waals surface area (Å²) in [5.41, 5.74) is 1.78. The summed E-state index contributed by atoms with van der Waals surface area (Å²) in [7, 11) is 1.89. The summed E-state index contributed by atoms with van der Waals surface area (Å²) in [6, 6.07) is 16.8. The third-order valence-electron chi connectivity index (χ3n) is 4.35. The maximum absolute atomic E-state index is 12.5. The second kappa shape index (κ2) is 8.61. The molecule has 150 valence electrons. The van der Waals surface area contributed by atoms with Crippen LogP contribution in [0.4, 0.5) is 5.69 Å². The van der Waals surface area contributed by atoms with Gasteiger partial charge in [-0.1, -0.05) is 62.9 Å². The minimum Gasteiger partial charge on any atom is -0.326 e. The summed E-state index contributed by atoms with van der Waals surface area (Å²) < 4.78 is 1.89. The van der Waals surface area contributed by atoms with Crippen molar-refractivity contribution in [2.75, 3.05) is 11.1 Å². The Kier molecular flexibility index (Phi) is 6.17. The Morgan fingerprint density at radius 1 is 1.00 bits per heavy atom. The number of rotatable bonds is 6. The van der Waals surface area contributed by atoms with Crippen molar-refractivity contribution in [3.05, 3.63) is 60.2 Å². The van der Waals surface area contributed by atoms with Crippen LogP contribution < -0.4 is 5.32 Å². The highest BCUT2D eigenvalue weighted by atomic mass is 32.2. The molecule has 7 heteroatoms. The van der Waals surface area contributed by atoms with Gasteiger partial charge < -0.3 is 9.88 Å². The van der Waals surface area contributed by atoms with Crippen LogP contribution in [0.1, 0.15) is 31.1 Å². The Morgan fingerprint density at radius 2 is 1.66 bits per heavy atom. The van der Waals surface area contributed by atoms with Crippen molar-refractivity contribution < 1.29 is 9.59 Å². The number of carbonyl (C=O) groups is 2. The molecular weight excluding hydrogens is 384 g/mol. The Bertz CT molecular complexity index is 1010. The quantitative estimate of drug-likeness (QED) is 0.482. The Labute approximate surface area is 174 Å². The topological polar surface area (TPSA) is 76.9 Å². The molecule has 3 rings (SSSR count). The van der Waals surface area contributed by atoms with E-state index in [9.17, 15) is 9.59 Å². The molecule has 1 N–H and O–H groups in total. The van der Waals surface area contributed by atoms with Crippen LogP contribution in [-0.2, 0) is 11.8 Å². The van der Waals surface area contributed by atoms with Gasteiger partial charge in [-0.25, -0.2) is 0 Å². The molecule has 0 aliphatic rings. The average molecular weight is 409 g/mol. The molecule has 0 aliphatic heterocycles. The van der Waals surface area contributed by atoms with Gasteiger partial charge in [0.1, 0.15) is 0 Å². The van der Waals surface area contributed by atoms with E-state index in [0.717, 1.165) is 11.4 Å². The van der Waals surface area contributed by atoms with Crippen molar-refractivity contribution in [3.63, 3.8) is 0 Å². The number of nitrogens with one attached hydrogen (secondary N) is 1.